The predicted molar refractivity (Wildman–Crippen MR) is 316 cm³/mol. The molecule has 15 rings (SSSR count). The second kappa shape index (κ2) is 16.3. The molecule has 0 saturated heterocycles. The van der Waals surface area contributed by atoms with Crippen molar-refractivity contribution in [3.8, 4) is 56.6 Å². The van der Waals surface area contributed by atoms with E-state index in [1.54, 1.807) is 0 Å². The summed E-state index contributed by atoms with van der Waals surface area (Å²) in [6.07, 6.45) is 0. The molecule has 4 aliphatic heterocycles. The molecule has 0 saturated carbocycles. The van der Waals surface area contributed by atoms with Gasteiger partial charge in [0.1, 0.15) is 37.8 Å². The summed E-state index contributed by atoms with van der Waals surface area (Å²) in [4.78, 5) is 4.96. The molecule has 9 aromatic carbocycles. The number of fused-ring (bicyclic) bond motifs is 12. The van der Waals surface area contributed by atoms with Gasteiger partial charge in [-0.3, -0.25) is 0 Å². The van der Waals surface area contributed by atoms with Crippen LogP contribution in [0.1, 0.15) is 77.6 Å². The van der Waals surface area contributed by atoms with Crippen LogP contribution in [-0.4, -0.2) is 33.1 Å². The third-order valence-electron chi connectivity index (χ3n) is 17.1. The number of anilines is 6. The Morgan fingerprint density at radius 1 is 0.455 bits per heavy atom. The molecule has 378 valence electrons. The summed E-state index contributed by atoms with van der Waals surface area (Å²) in [5, 5.41) is 3.52. The van der Waals surface area contributed by atoms with Crippen LogP contribution in [0.5, 0.6) is 23.0 Å². The standard InChI is InChI=1S/C69H59BN2O5/c1-67(2,3)43-18-21-45(22-19-43)71-55-25-20-44(68(4,5)6)35-53(55)70-54-38-63-64(76-30-29-75-63)39-56(54)72(46-23-26-60-62(36-46)74-28-27-73-60)58-33-42(32-57(71)66(58)70)40-17-24-49-51(31-40)69(7,8)52-37-50(47-14-10-11-15-48(47)65(49)52)61-34-41-13-9-12-16-59(41)77-61/h9-26,31-39H,27-30H2,1-8H3. The van der Waals surface area contributed by atoms with E-state index in [9.17, 15) is 0 Å². The van der Waals surface area contributed by atoms with Gasteiger partial charge in [-0.1, -0.05) is 134 Å². The summed E-state index contributed by atoms with van der Waals surface area (Å²) in [7, 11) is 0. The minimum Gasteiger partial charge on any atom is -0.486 e. The lowest BCUT2D eigenvalue weighted by Gasteiger charge is -2.45. The zero-order valence-corrected chi connectivity index (χ0v) is 44.9. The van der Waals surface area contributed by atoms with Gasteiger partial charge < -0.3 is 33.2 Å². The molecule has 0 N–H and O–H groups in total. The lowest BCUT2D eigenvalue weighted by Crippen LogP contribution is -2.61. The van der Waals surface area contributed by atoms with Crippen LogP contribution in [0.4, 0.5) is 34.1 Å². The molecule has 0 amide bonds. The van der Waals surface area contributed by atoms with Crippen LogP contribution >= 0.6 is 0 Å². The maximum absolute atomic E-state index is 6.61. The molecule has 7 nitrogen and oxygen atoms in total. The molecule has 0 bridgehead atoms. The minimum atomic E-state index is -0.332. The fraction of sp³-hybridized carbons (Fsp3) is 0.217. The molecule has 0 spiro atoms. The van der Waals surface area contributed by atoms with Gasteiger partial charge >= 0.3 is 0 Å². The molecule has 5 heterocycles. The van der Waals surface area contributed by atoms with E-state index >= 15 is 0 Å². The number of benzene rings is 9. The lowest BCUT2D eigenvalue weighted by molar-refractivity contribution is 0.171. The third-order valence-corrected chi connectivity index (χ3v) is 17.1. The fourth-order valence-corrected chi connectivity index (χ4v) is 13.1. The van der Waals surface area contributed by atoms with Crippen molar-refractivity contribution in [3.63, 3.8) is 0 Å². The second-order valence-corrected chi connectivity index (χ2v) is 24.2. The van der Waals surface area contributed by atoms with Gasteiger partial charge in [-0.2, -0.15) is 0 Å². The minimum absolute atomic E-state index is 0.00876. The topological polar surface area (TPSA) is 56.5 Å². The zero-order chi connectivity index (χ0) is 52.3. The van der Waals surface area contributed by atoms with Crippen molar-refractivity contribution in [2.75, 3.05) is 36.2 Å². The summed E-state index contributed by atoms with van der Waals surface area (Å²) in [5.41, 5.74) is 21.7. The highest BCUT2D eigenvalue weighted by molar-refractivity contribution is 7.00. The second-order valence-electron chi connectivity index (χ2n) is 24.2. The molecule has 1 aromatic heterocycles. The average Bonchev–Trinajstić information content (AvgIpc) is 4.19. The Morgan fingerprint density at radius 3 is 1.81 bits per heavy atom. The molecule has 0 unspecified atom stereocenters. The Balaban J connectivity index is 0.990. The lowest BCUT2D eigenvalue weighted by atomic mass is 9.33. The summed E-state index contributed by atoms with van der Waals surface area (Å²) < 4.78 is 32.0. The summed E-state index contributed by atoms with van der Waals surface area (Å²) in [6, 6.07) is 61.1. The number of hydrogen-bond acceptors (Lipinski definition) is 7. The van der Waals surface area contributed by atoms with Gasteiger partial charge in [0, 0.05) is 56.9 Å². The average molecular weight is 1010 g/mol. The van der Waals surface area contributed by atoms with Crippen molar-refractivity contribution >= 4 is 79.0 Å². The highest BCUT2D eigenvalue weighted by Crippen LogP contribution is 2.56. The molecule has 0 atom stereocenters. The van der Waals surface area contributed by atoms with Crippen molar-refractivity contribution in [2.24, 2.45) is 0 Å². The number of rotatable bonds is 4. The van der Waals surface area contributed by atoms with Crippen molar-refractivity contribution < 1.29 is 23.4 Å². The van der Waals surface area contributed by atoms with Crippen molar-refractivity contribution in [1.29, 1.82) is 0 Å². The summed E-state index contributed by atoms with van der Waals surface area (Å²) in [6.45, 7) is 20.4. The van der Waals surface area contributed by atoms with E-state index in [0.717, 1.165) is 96.0 Å². The Bertz CT molecular complexity index is 4110. The molecule has 5 aliphatic rings. The maximum atomic E-state index is 6.61. The van der Waals surface area contributed by atoms with E-state index in [1.807, 2.05) is 6.07 Å². The van der Waals surface area contributed by atoms with E-state index < -0.39 is 0 Å². The molecule has 0 fully saturated rings. The van der Waals surface area contributed by atoms with E-state index in [-0.39, 0.29) is 23.0 Å². The fourth-order valence-electron chi connectivity index (χ4n) is 13.1. The van der Waals surface area contributed by atoms with Gasteiger partial charge in [-0.15, -0.1) is 0 Å². The molecule has 10 aromatic rings. The summed E-state index contributed by atoms with van der Waals surface area (Å²) in [5.74, 6) is 3.88. The predicted octanol–water partition coefficient (Wildman–Crippen LogP) is 15.4. The zero-order valence-electron chi connectivity index (χ0n) is 44.9. The molecule has 1 aliphatic carbocycles. The highest BCUT2D eigenvalue weighted by Gasteiger charge is 2.46. The van der Waals surface area contributed by atoms with Gasteiger partial charge in [0.05, 0.1) is 5.69 Å². The summed E-state index contributed by atoms with van der Waals surface area (Å²) >= 11 is 0. The first-order valence-electron chi connectivity index (χ1n) is 27.2. The smallest absolute Gasteiger partial charge is 0.252 e. The van der Waals surface area contributed by atoms with Crippen LogP contribution in [0.2, 0.25) is 0 Å². The first-order valence-corrected chi connectivity index (χ1v) is 27.2. The van der Waals surface area contributed by atoms with Crippen LogP contribution in [0.3, 0.4) is 0 Å². The monoisotopic (exact) mass is 1010 g/mol. The highest BCUT2D eigenvalue weighted by atomic mass is 16.6. The van der Waals surface area contributed by atoms with Crippen molar-refractivity contribution in [3.05, 3.63) is 186 Å². The Morgan fingerprint density at radius 2 is 1.08 bits per heavy atom. The molecule has 8 heteroatoms. The van der Waals surface area contributed by atoms with Gasteiger partial charge in [-0.05, 0) is 155 Å². The number of furan rings is 1. The maximum Gasteiger partial charge on any atom is 0.252 e. The first-order chi connectivity index (χ1) is 37.2. The number of para-hydroxylation sites is 1. The normalized spacial score (nSPS) is 15.5. The number of hydrogen-bond donors (Lipinski definition) is 0. The van der Waals surface area contributed by atoms with Crippen LogP contribution in [0, 0.1) is 0 Å². The van der Waals surface area contributed by atoms with Crippen LogP contribution < -0.4 is 45.1 Å². The Labute approximate surface area is 450 Å². The third kappa shape index (κ3) is 6.96. The number of ether oxygens (including phenoxy) is 4. The van der Waals surface area contributed by atoms with E-state index in [1.165, 1.54) is 55.1 Å². The van der Waals surface area contributed by atoms with Gasteiger partial charge in [0.25, 0.3) is 6.71 Å². The van der Waals surface area contributed by atoms with Gasteiger partial charge in [-0.25, -0.2) is 0 Å². The van der Waals surface area contributed by atoms with Crippen molar-refractivity contribution in [2.45, 2.75) is 71.6 Å². The van der Waals surface area contributed by atoms with Crippen molar-refractivity contribution in [1.82, 2.24) is 0 Å². The Hall–Kier alpha value is -8.36. The largest absolute Gasteiger partial charge is 0.486 e. The molecule has 0 radical (unpaired) electrons. The first kappa shape index (κ1) is 46.0. The van der Waals surface area contributed by atoms with E-state index in [2.05, 4.69) is 223 Å². The van der Waals surface area contributed by atoms with E-state index in [0.29, 0.717) is 26.4 Å². The van der Waals surface area contributed by atoms with Gasteiger partial charge in [0.15, 0.2) is 23.0 Å². The van der Waals surface area contributed by atoms with Crippen LogP contribution in [0.15, 0.2) is 168 Å². The Kier molecular flexibility index (Phi) is 9.75. The van der Waals surface area contributed by atoms with Crippen LogP contribution in [0.25, 0.3) is 55.3 Å². The van der Waals surface area contributed by atoms with Gasteiger partial charge in [0.2, 0.25) is 0 Å². The van der Waals surface area contributed by atoms with E-state index in [4.69, 9.17) is 23.4 Å². The molecular formula is C69H59BN2O5. The SMILES string of the molecule is CC(C)(C)c1ccc(N2c3ccc(C(C)(C)C)cc3B3c4cc5c(cc4N(c4ccc6c(c4)OCCO6)c4cc(-c6ccc7c(c6)C(C)(C)c6cc(-c8cc9ccccc9o8)c8ccccc8c6-7)cc2c43)OCCO5)cc1. The quantitative estimate of drug-likeness (QED) is 0.163. The van der Waals surface area contributed by atoms with Crippen LogP contribution in [-0.2, 0) is 16.2 Å². The molecular weight excluding hydrogens is 948 g/mol. The molecule has 77 heavy (non-hydrogen) atoms. The number of nitrogens with zero attached hydrogens (tertiary/aromatic N) is 2.